The maximum atomic E-state index is 3.88. The number of hydrogen-bond acceptors (Lipinski definition) is 0. The number of nitrogens with zero attached hydrogens (tertiary/aromatic N) is 1. The van der Waals surface area contributed by atoms with Gasteiger partial charge in [0, 0.05) is 5.92 Å². The van der Waals surface area contributed by atoms with E-state index >= 15 is 0 Å². The molecule has 96 valence electrons. The smallest absolute Gasteiger partial charge is 0.0973 e. The van der Waals surface area contributed by atoms with E-state index in [9.17, 15) is 0 Å². The van der Waals surface area contributed by atoms with Gasteiger partial charge in [-0.25, -0.2) is 0 Å². The summed E-state index contributed by atoms with van der Waals surface area (Å²) in [5.74, 6) is 0.629. The summed E-state index contributed by atoms with van der Waals surface area (Å²) in [5, 5.41) is 0. The molecule has 0 aliphatic carbocycles. The van der Waals surface area contributed by atoms with Gasteiger partial charge in [0.1, 0.15) is 0 Å². The summed E-state index contributed by atoms with van der Waals surface area (Å²) in [6.45, 7) is 22.0. The first-order valence-electron chi connectivity index (χ1n) is 6.46. The van der Waals surface area contributed by atoms with Crippen molar-refractivity contribution in [2.45, 2.75) is 19.8 Å². The fourth-order valence-electron chi connectivity index (χ4n) is 2.42. The Balaban J connectivity index is 4.75. The third-order valence-corrected chi connectivity index (χ3v) is 3.35. The molecule has 0 unspecified atom stereocenters. The molecule has 0 saturated carbocycles. The highest BCUT2D eigenvalue weighted by Gasteiger charge is 2.25. The summed E-state index contributed by atoms with van der Waals surface area (Å²) >= 11 is 0. The average Bonchev–Trinajstić information content (AvgIpc) is 2.30. The monoisotopic (exact) mass is 234 g/mol. The number of quaternary nitrogens is 1. The first kappa shape index (κ1) is 15.9. The second-order valence-corrected chi connectivity index (χ2v) is 4.70. The molecule has 0 atom stereocenters. The summed E-state index contributed by atoms with van der Waals surface area (Å²) < 4.78 is 1.04. The molecule has 0 fully saturated rings. The van der Waals surface area contributed by atoms with Crippen LogP contribution < -0.4 is 0 Å². The van der Waals surface area contributed by atoms with Crippen LogP contribution in [-0.4, -0.2) is 30.7 Å². The van der Waals surface area contributed by atoms with Crippen LogP contribution in [0.25, 0.3) is 0 Å². The molecule has 0 radical (unpaired) electrons. The normalized spacial score (nSPS) is 11.2. The Kier molecular flexibility index (Phi) is 8.43. The van der Waals surface area contributed by atoms with E-state index in [1.165, 1.54) is 0 Å². The van der Waals surface area contributed by atoms with E-state index in [1.54, 1.807) is 0 Å². The largest absolute Gasteiger partial charge is 0.317 e. The summed E-state index contributed by atoms with van der Waals surface area (Å²) in [5.41, 5.74) is 0. The highest BCUT2D eigenvalue weighted by atomic mass is 15.3. The second-order valence-electron chi connectivity index (χ2n) is 4.70. The lowest BCUT2D eigenvalue weighted by atomic mass is 9.99. The van der Waals surface area contributed by atoms with Gasteiger partial charge in [-0.2, -0.15) is 0 Å². The molecule has 0 amide bonds. The molecule has 0 aromatic rings. The number of likely N-dealkylation sites (N-methyl/N-ethyl adjacent to an activating group) is 1. The first-order chi connectivity index (χ1) is 8.17. The zero-order valence-electron chi connectivity index (χ0n) is 11.4. The van der Waals surface area contributed by atoms with Gasteiger partial charge in [-0.1, -0.05) is 25.3 Å². The van der Waals surface area contributed by atoms with Crippen LogP contribution in [0.3, 0.4) is 0 Å². The minimum Gasteiger partial charge on any atom is -0.317 e. The Hall–Kier alpha value is -1.08. The standard InChI is InChI=1S/C16H28N/c1-6-11-16(12-7-2)15-17(10-5,13-8-3)14-9-4/h6-9,16H,1-4,10-15H2,5H3/q+1. The molecule has 0 aromatic heterocycles. The summed E-state index contributed by atoms with van der Waals surface area (Å²) in [6, 6.07) is 0. The highest BCUT2D eigenvalue weighted by molar-refractivity contribution is 4.81. The van der Waals surface area contributed by atoms with Crippen LogP contribution in [0.1, 0.15) is 19.8 Å². The average molecular weight is 234 g/mol. The van der Waals surface area contributed by atoms with Gasteiger partial charge in [0.05, 0.1) is 26.2 Å². The molecule has 0 N–H and O–H groups in total. The van der Waals surface area contributed by atoms with Gasteiger partial charge in [0.15, 0.2) is 0 Å². The van der Waals surface area contributed by atoms with Gasteiger partial charge in [0.25, 0.3) is 0 Å². The molecule has 0 spiro atoms. The number of hydrogen-bond donors (Lipinski definition) is 0. The van der Waals surface area contributed by atoms with Crippen molar-refractivity contribution in [3.8, 4) is 0 Å². The summed E-state index contributed by atoms with van der Waals surface area (Å²) in [6.07, 6.45) is 10.2. The van der Waals surface area contributed by atoms with Gasteiger partial charge in [-0.05, 0) is 31.9 Å². The van der Waals surface area contributed by atoms with Gasteiger partial charge in [0.2, 0.25) is 0 Å². The molecule has 0 aliphatic rings. The maximum Gasteiger partial charge on any atom is 0.0973 e. The molecule has 0 bridgehead atoms. The highest BCUT2D eigenvalue weighted by Crippen LogP contribution is 2.18. The minimum absolute atomic E-state index is 0.629. The van der Waals surface area contributed by atoms with Gasteiger partial charge < -0.3 is 4.48 Å². The Labute approximate surface area is 107 Å². The molecular weight excluding hydrogens is 206 g/mol. The minimum atomic E-state index is 0.629. The van der Waals surface area contributed by atoms with E-state index in [0.717, 1.165) is 43.5 Å². The van der Waals surface area contributed by atoms with Crippen molar-refractivity contribution >= 4 is 0 Å². The van der Waals surface area contributed by atoms with Crippen molar-refractivity contribution in [2.24, 2.45) is 5.92 Å². The van der Waals surface area contributed by atoms with E-state index in [1.807, 2.05) is 24.3 Å². The van der Waals surface area contributed by atoms with Crippen molar-refractivity contribution < 1.29 is 4.48 Å². The predicted octanol–water partition coefficient (Wildman–Crippen LogP) is 3.96. The first-order valence-corrected chi connectivity index (χ1v) is 6.46. The SMILES string of the molecule is C=CCC(CC=C)C[N+](CC)(CC=C)CC=C. The molecule has 0 saturated heterocycles. The van der Waals surface area contributed by atoms with Crippen LogP contribution in [-0.2, 0) is 0 Å². The maximum absolute atomic E-state index is 3.88. The lowest BCUT2D eigenvalue weighted by Crippen LogP contribution is -2.50. The lowest BCUT2D eigenvalue weighted by Gasteiger charge is -2.38. The topological polar surface area (TPSA) is 0 Å². The molecular formula is C16H28N+. The van der Waals surface area contributed by atoms with E-state index < -0.39 is 0 Å². The molecule has 1 heteroatoms. The fraction of sp³-hybridized carbons (Fsp3) is 0.500. The zero-order chi connectivity index (χ0) is 13.1. The van der Waals surface area contributed by atoms with Crippen molar-refractivity contribution in [3.63, 3.8) is 0 Å². The molecule has 0 rings (SSSR count). The van der Waals surface area contributed by atoms with Gasteiger partial charge in [-0.3, -0.25) is 0 Å². The van der Waals surface area contributed by atoms with Crippen LogP contribution in [0.2, 0.25) is 0 Å². The van der Waals surface area contributed by atoms with Crippen LogP contribution in [0, 0.1) is 5.92 Å². The molecule has 17 heavy (non-hydrogen) atoms. The van der Waals surface area contributed by atoms with Crippen molar-refractivity contribution in [3.05, 3.63) is 50.6 Å². The van der Waals surface area contributed by atoms with Crippen molar-refractivity contribution in [2.75, 3.05) is 26.2 Å². The van der Waals surface area contributed by atoms with Crippen molar-refractivity contribution in [1.82, 2.24) is 0 Å². The quantitative estimate of drug-likeness (QED) is 0.375. The molecule has 1 nitrogen and oxygen atoms in total. The Morgan fingerprint density at radius 3 is 1.65 bits per heavy atom. The van der Waals surface area contributed by atoms with Crippen LogP contribution in [0.5, 0.6) is 0 Å². The van der Waals surface area contributed by atoms with E-state index in [4.69, 9.17) is 0 Å². The Morgan fingerprint density at radius 1 is 0.882 bits per heavy atom. The van der Waals surface area contributed by atoms with Crippen LogP contribution in [0.15, 0.2) is 50.6 Å². The van der Waals surface area contributed by atoms with Gasteiger partial charge >= 0.3 is 0 Å². The van der Waals surface area contributed by atoms with Crippen molar-refractivity contribution in [1.29, 1.82) is 0 Å². The molecule has 0 aliphatic heterocycles. The zero-order valence-corrected chi connectivity index (χ0v) is 11.4. The third-order valence-electron chi connectivity index (χ3n) is 3.35. The van der Waals surface area contributed by atoms with E-state index in [0.29, 0.717) is 5.92 Å². The molecule has 0 heterocycles. The Bertz CT molecular complexity index is 232. The molecule has 0 aromatic carbocycles. The third kappa shape index (κ3) is 5.69. The number of rotatable bonds is 11. The predicted molar refractivity (Wildman–Crippen MR) is 78.9 cm³/mol. The summed E-state index contributed by atoms with van der Waals surface area (Å²) in [7, 11) is 0. The second kappa shape index (κ2) is 9.00. The van der Waals surface area contributed by atoms with E-state index in [2.05, 4.69) is 33.2 Å². The van der Waals surface area contributed by atoms with Crippen LogP contribution >= 0.6 is 0 Å². The lowest BCUT2D eigenvalue weighted by molar-refractivity contribution is -0.918. The van der Waals surface area contributed by atoms with Gasteiger partial charge in [-0.15, -0.1) is 13.2 Å². The van der Waals surface area contributed by atoms with Crippen LogP contribution in [0.4, 0.5) is 0 Å². The fourth-order valence-corrected chi connectivity index (χ4v) is 2.42. The van der Waals surface area contributed by atoms with E-state index in [-0.39, 0.29) is 0 Å². The summed E-state index contributed by atoms with van der Waals surface area (Å²) in [4.78, 5) is 0. The Morgan fingerprint density at radius 2 is 1.35 bits per heavy atom. The number of allylic oxidation sites excluding steroid dienone is 2.